The monoisotopic (exact) mass is 682 g/mol. The first kappa shape index (κ1) is 30.4. The number of H-pyrrole nitrogens is 1. The molecule has 0 aliphatic heterocycles. The Morgan fingerprint density at radius 3 is 1.94 bits per heavy atom. The van der Waals surface area contributed by atoms with Crippen molar-refractivity contribution in [1.82, 2.24) is 4.98 Å². The first-order chi connectivity index (χ1) is 25.6. The van der Waals surface area contributed by atoms with Crippen LogP contribution in [0.1, 0.15) is 5.56 Å². The van der Waals surface area contributed by atoms with Crippen molar-refractivity contribution in [3.05, 3.63) is 181 Å². The van der Waals surface area contributed by atoms with E-state index in [9.17, 15) is 0 Å². The lowest BCUT2D eigenvalue weighted by molar-refractivity contribution is 1.46. The van der Waals surface area contributed by atoms with Crippen LogP contribution in [-0.2, 0) is 0 Å². The number of hydrogen-bond donors (Lipinski definition) is 2. The van der Waals surface area contributed by atoms with Gasteiger partial charge in [-0.15, -0.1) is 11.3 Å². The summed E-state index contributed by atoms with van der Waals surface area (Å²) >= 11 is 1.88. The van der Waals surface area contributed by atoms with Crippen molar-refractivity contribution >= 4 is 64.7 Å². The Morgan fingerprint density at radius 1 is 0.423 bits per heavy atom. The SMILES string of the molecule is Cc1cc(-c2ccc(Nc3ccccc3)c(-c3cccc(-c4cccc5c4sc4ccccc45)c3)c2)cc(-c2ccc3[nH]c4ccccc4c3c2)c1. The standard InChI is InChI=1S/C49H34N2S/c1-31-25-36(28-37(26-31)33-22-24-47-44(30-33)40-15-5-7-19-45(40)51-47)32-21-23-46(50-38-13-3-2-4-14-38)43(29-32)35-12-9-11-34(27-35)39-17-10-18-42-41-16-6-8-20-48(41)52-49(39)42/h2-30,50-51H,1H3. The lowest BCUT2D eigenvalue weighted by Gasteiger charge is -2.16. The molecule has 52 heavy (non-hydrogen) atoms. The number of para-hydroxylation sites is 2. The molecule has 2 N–H and O–H groups in total. The number of aromatic amines is 1. The molecule has 0 saturated carbocycles. The summed E-state index contributed by atoms with van der Waals surface area (Å²) in [6, 6.07) is 64.0. The van der Waals surface area contributed by atoms with Gasteiger partial charge in [-0.3, -0.25) is 0 Å². The summed E-state index contributed by atoms with van der Waals surface area (Å²) in [5, 5.41) is 8.87. The van der Waals surface area contributed by atoms with Gasteiger partial charge in [0.15, 0.2) is 0 Å². The second-order valence-corrected chi connectivity index (χ2v) is 14.7. The Bertz CT molecular complexity index is 2950. The largest absolute Gasteiger partial charge is 0.355 e. The Labute approximate surface area is 306 Å². The minimum absolute atomic E-state index is 1.06. The molecule has 0 aliphatic carbocycles. The minimum Gasteiger partial charge on any atom is -0.355 e. The third kappa shape index (κ3) is 5.35. The molecule has 0 radical (unpaired) electrons. The lowest BCUT2D eigenvalue weighted by Crippen LogP contribution is -1.95. The van der Waals surface area contributed by atoms with E-state index in [2.05, 4.69) is 193 Å². The normalized spacial score (nSPS) is 11.6. The lowest BCUT2D eigenvalue weighted by atomic mass is 9.92. The number of anilines is 2. The van der Waals surface area contributed by atoms with Gasteiger partial charge in [-0.05, 0) is 112 Å². The zero-order valence-corrected chi connectivity index (χ0v) is 29.5. The van der Waals surface area contributed by atoms with Crippen molar-refractivity contribution in [3.63, 3.8) is 0 Å². The van der Waals surface area contributed by atoms with Crippen LogP contribution in [0.15, 0.2) is 176 Å². The molecule has 2 nitrogen and oxygen atoms in total. The maximum Gasteiger partial charge on any atom is 0.0465 e. The molecule has 0 spiro atoms. The predicted molar refractivity (Wildman–Crippen MR) is 225 cm³/mol. The van der Waals surface area contributed by atoms with Gasteiger partial charge in [-0.25, -0.2) is 0 Å². The smallest absolute Gasteiger partial charge is 0.0465 e. The Balaban J connectivity index is 1.10. The molecule has 2 aromatic heterocycles. The van der Waals surface area contributed by atoms with Gasteiger partial charge in [0.05, 0.1) is 0 Å². The van der Waals surface area contributed by atoms with E-state index in [1.807, 2.05) is 11.3 Å². The quantitative estimate of drug-likeness (QED) is 0.179. The van der Waals surface area contributed by atoms with Crippen LogP contribution < -0.4 is 5.32 Å². The van der Waals surface area contributed by atoms with E-state index in [-0.39, 0.29) is 0 Å². The van der Waals surface area contributed by atoms with Crippen LogP contribution >= 0.6 is 11.3 Å². The summed E-state index contributed by atoms with van der Waals surface area (Å²) in [7, 11) is 0. The fourth-order valence-electron chi connectivity index (χ4n) is 7.72. The Hall–Kier alpha value is -6.42. The van der Waals surface area contributed by atoms with Crippen molar-refractivity contribution in [2.24, 2.45) is 0 Å². The van der Waals surface area contributed by atoms with Crippen molar-refractivity contribution in [3.8, 4) is 44.5 Å². The van der Waals surface area contributed by atoms with E-state index < -0.39 is 0 Å². The number of hydrogen-bond acceptors (Lipinski definition) is 2. The molecule has 3 heteroatoms. The van der Waals surface area contributed by atoms with Gasteiger partial charge in [0, 0.05) is 58.9 Å². The second kappa shape index (κ2) is 12.4. The van der Waals surface area contributed by atoms with Gasteiger partial charge in [0.2, 0.25) is 0 Å². The van der Waals surface area contributed by atoms with Gasteiger partial charge < -0.3 is 10.3 Å². The molecule has 10 aromatic rings. The van der Waals surface area contributed by atoms with E-state index in [0.717, 1.165) is 22.5 Å². The molecule has 10 rings (SSSR count). The second-order valence-electron chi connectivity index (χ2n) is 13.6. The zero-order chi connectivity index (χ0) is 34.6. The highest BCUT2D eigenvalue weighted by Crippen LogP contribution is 2.42. The van der Waals surface area contributed by atoms with E-state index in [1.165, 1.54) is 81.0 Å². The zero-order valence-electron chi connectivity index (χ0n) is 28.7. The molecular formula is C49H34N2S. The van der Waals surface area contributed by atoms with Crippen molar-refractivity contribution in [1.29, 1.82) is 0 Å². The van der Waals surface area contributed by atoms with Crippen LogP contribution in [0.2, 0.25) is 0 Å². The van der Waals surface area contributed by atoms with Crippen molar-refractivity contribution in [2.75, 3.05) is 5.32 Å². The van der Waals surface area contributed by atoms with E-state index in [4.69, 9.17) is 0 Å². The fraction of sp³-hybridized carbons (Fsp3) is 0.0204. The van der Waals surface area contributed by atoms with Gasteiger partial charge in [0.25, 0.3) is 0 Å². The summed E-state index contributed by atoms with van der Waals surface area (Å²) in [4.78, 5) is 3.57. The molecule has 0 fully saturated rings. The van der Waals surface area contributed by atoms with Crippen LogP contribution in [0.4, 0.5) is 11.4 Å². The van der Waals surface area contributed by atoms with Crippen LogP contribution in [0.5, 0.6) is 0 Å². The van der Waals surface area contributed by atoms with Crippen molar-refractivity contribution < 1.29 is 0 Å². The predicted octanol–water partition coefficient (Wildman–Crippen LogP) is 14.4. The molecule has 0 unspecified atom stereocenters. The van der Waals surface area contributed by atoms with Gasteiger partial charge in [-0.1, -0.05) is 115 Å². The van der Waals surface area contributed by atoms with E-state index >= 15 is 0 Å². The van der Waals surface area contributed by atoms with Crippen LogP contribution in [0.25, 0.3) is 86.5 Å². The summed E-state index contributed by atoms with van der Waals surface area (Å²) in [5.41, 5.74) is 15.3. The number of fused-ring (bicyclic) bond motifs is 6. The Morgan fingerprint density at radius 2 is 1.08 bits per heavy atom. The average molecular weight is 683 g/mol. The number of rotatable bonds is 6. The highest BCUT2D eigenvalue weighted by atomic mass is 32.1. The van der Waals surface area contributed by atoms with Gasteiger partial charge in [-0.2, -0.15) is 0 Å². The third-order valence-electron chi connectivity index (χ3n) is 10.2. The third-order valence-corrected chi connectivity index (χ3v) is 11.4. The minimum atomic E-state index is 1.06. The molecule has 0 saturated heterocycles. The van der Waals surface area contributed by atoms with Crippen LogP contribution in [-0.4, -0.2) is 4.98 Å². The average Bonchev–Trinajstić information content (AvgIpc) is 3.76. The summed E-state index contributed by atoms with van der Waals surface area (Å²) < 4.78 is 2.65. The summed E-state index contributed by atoms with van der Waals surface area (Å²) in [5.74, 6) is 0. The summed E-state index contributed by atoms with van der Waals surface area (Å²) in [6.07, 6.45) is 0. The highest BCUT2D eigenvalue weighted by Gasteiger charge is 2.15. The number of nitrogens with one attached hydrogen (secondary N) is 2. The molecule has 0 atom stereocenters. The maximum atomic E-state index is 3.73. The molecule has 246 valence electrons. The number of thiophene rings is 1. The van der Waals surface area contributed by atoms with E-state index in [1.54, 1.807) is 0 Å². The molecular weight excluding hydrogens is 649 g/mol. The highest BCUT2D eigenvalue weighted by molar-refractivity contribution is 7.26. The van der Waals surface area contributed by atoms with Crippen molar-refractivity contribution in [2.45, 2.75) is 6.92 Å². The van der Waals surface area contributed by atoms with Gasteiger partial charge in [0.1, 0.15) is 0 Å². The van der Waals surface area contributed by atoms with Crippen LogP contribution in [0, 0.1) is 6.92 Å². The fourth-order valence-corrected chi connectivity index (χ4v) is 8.96. The number of aromatic nitrogens is 1. The summed E-state index contributed by atoms with van der Waals surface area (Å²) in [6.45, 7) is 2.20. The molecule has 8 aromatic carbocycles. The number of aryl methyl sites for hydroxylation is 1. The molecule has 0 aliphatic rings. The first-order valence-electron chi connectivity index (χ1n) is 17.7. The molecule has 2 heterocycles. The first-order valence-corrected chi connectivity index (χ1v) is 18.6. The van der Waals surface area contributed by atoms with Gasteiger partial charge >= 0.3 is 0 Å². The molecule has 0 bridgehead atoms. The number of benzene rings is 8. The Kier molecular flexibility index (Phi) is 7.26. The topological polar surface area (TPSA) is 27.8 Å². The molecule has 0 amide bonds. The van der Waals surface area contributed by atoms with E-state index in [0.29, 0.717) is 0 Å². The maximum absolute atomic E-state index is 3.73. The van der Waals surface area contributed by atoms with Crippen LogP contribution in [0.3, 0.4) is 0 Å².